The highest BCUT2D eigenvalue weighted by Gasteiger charge is 2.35. The van der Waals surface area contributed by atoms with Gasteiger partial charge in [0, 0.05) is 48.8 Å². The molecule has 0 aliphatic carbocycles. The van der Waals surface area contributed by atoms with Crippen LogP contribution in [0, 0.1) is 5.92 Å². The first-order valence-corrected chi connectivity index (χ1v) is 9.44. The first kappa shape index (κ1) is 18.2. The zero-order valence-corrected chi connectivity index (χ0v) is 15.6. The van der Waals surface area contributed by atoms with Crippen molar-refractivity contribution >= 4 is 23.4 Å². The van der Waals surface area contributed by atoms with Crippen molar-refractivity contribution in [3.63, 3.8) is 0 Å². The number of amides is 2. The Morgan fingerprint density at radius 1 is 1.16 bits per heavy atom. The van der Waals surface area contributed by atoms with E-state index in [0.717, 1.165) is 25.9 Å². The third-order valence-electron chi connectivity index (χ3n) is 5.47. The second kappa shape index (κ2) is 7.75. The van der Waals surface area contributed by atoms with Crippen LogP contribution in [0.5, 0.6) is 0 Å². The topological polar surface area (TPSA) is 52.7 Å². The molecule has 0 aromatic heterocycles. The number of carbonyl (C=O) groups excluding carboxylic acids is 2. The van der Waals surface area contributed by atoms with Crippen LogP contribution in [0.3, 0.4) is 0 Å². The van der Waals surface area contributed by atoms with E-state index in [2.05, 4.69) is 19.2 Å². The van der Waals surface area contributed by atoms with E-state index in [0.29, 0.717) is 29.7 Å². The van der Waals surface area contributed by atoms with Crippen molar-refractivity contribution < 1.29 is 9.59 Å². The summed E-state index contributed by atoms with van der Waals surface area (Å²) >= 11 is 5.90. The molecule has 0 bridgehead atoms. The number of carbonyl (C=O) groups is 2. The number of nitrogens with one attached hydrogen (secondary N) is 1. The van der Waals surface area contributed by atoms with Gasteiger partial charge < -0.3 is 15.1 Å². The van der Waals surface area contributed by atoms with Gasteiger partial charge in [0.2, 0.25) is 5.91 Å². The van der Waals surface area contributed by atoms with Crippen LogP contribution in [0.1, 0.15) is 37.0 Å². The summed E-state index contributed by atoms with van der Waals surface area (Å²) in [7, 11) is 0. The summed E-state index contributed by atoms with van der Waals surface area (Å²) in [6.45, 7) is 6.99. The number of piperidine rings is 1. The average Bonchev–Trinajstić information content (AvgIpc) is 2.63. The maximum atomic E-state index is 13.0. The number of rotatable bonds is 2. The number of halogens is 1. The highest BCUT2D eigenvalue weighted by Crippen LogP contribution is 2.23. The van der Waals surface area contributed by atoms with Gasteiger partial charge in [0.15, 0.2) is 0 Å². The van der Waals surface area contributed by atoms with Crippen LogP contribution < -0.4 is 5.32 Å². The van der Waals surface area contributed by atoms with Crippen molar-refractivity contribution in [1.29, 1.82) is 0 Å². The minimum Gasteiger partial charge on any atom is -0.338 e. The summed E-state index contributed by atoms with van der Waals surface area (Å²) in [5.41, 5.74) is 0.627. The third kappa shape index (κ3) is 3.98. The minimum absolute atomic E-state index is 0.0177. The van der Waals surface area contributed by atoms with Gasteiger partial charge in [0.1, 0.15) is 0 Å². The van der Waals surface area contributed by atoms with Gasteiger partial charge in [-0.1, -0.05) is 11.6 Å². The van der Waals surface area contributed by atoms with Crippen molar-refractivity contribution in [3.8, 4) is 0 Å². The van der Waals surface area contributed by atoms with E-state index in [4.69, 9.17) is 11.6 Å². The molecular formula is C19H26ClN3O2. The van der Waals surface area contributed by atoms with Gasteiger partial charge in [-0.2, -0.15) is 0 Å². The molecule has 2 amide bonds. The molecule has 136 valence electrons. The Morgan fingerprint density at radius 2 is 1.88 bits per heavy atom. The minimum atomic E-state index is -0.0993. The first-order valence-electron chi connectivity index (χ1n) is 9.06. The molecule has 1 aromatic rings. The summed E-state index contributed by atoms with van der Waals surface area (Å²) < 4.78 is 0. The summed E-state index contributed by atoms with van der Waals surface area (Å²) in [6, 6.07) is 7.43. The fraction of sp³-hybridized carbons (Fsp3) is 0.579. The van der Waals surface area contributed by atoms with Crippen LogP contribution in [0.4, 0.5) is 0 Å². The molecule has 2 aliphatic heterocycles. The monoisotopic (exact) mass is 363 g/mol. The number of likely N-dealkylation sites (tertiary alicyclic amines) is 1. The van der Waals surface area contributed by atoms with Gasteiger partial charge in [0.05, 0.1) is 5.92 Å². The van der Waals surface area contributed by atoms with Crippen LogP contribution in [0.25, 0.3) is 0 Å². The van der Waals surface area contributed by atoms with E-state index in [1.54, 1.807) is 24.3 Å². The van der Waals surface area contributed by atoms with Gasteiger partial charge in [-0.05, 0) is 51.0 Å². The number of nitrogens with zero attached hydrogens (tertiary/aromatic N) is 2. The Hall–Kier alpha value is -1.59. The second-order valence-corrected chi connectivity index (χ2v) is 7.55. The Bertz CT molecular complexity index is 634. The number of benzene rings is 1. The van der Waals surface area contributed by atoms with E-state index in [-0.39, 0.29) is 23.8 Å². The Morgan fingerprint density at radius 3 is 2.60 bits per heavy atom. The predicted octanol–water partition coefficient (Wildman–Crippen LogP) is 2.40. The second-order valence-electron chi connectivity index (χ2n) is 7.11. The van der Waals surface area contributed by atoms with Crippen LogP contribution in [0.2, 0.25) is 5.02 Å². The third-order valence-corrected chi connectivity index (χ3v) is 5.72. The van der Waals surface area contributed by atoms with Gasteiger partial charge in [-0.15, -0.1) is 0 Å². The average molecular weight is 364 g/mol. The number of hydrogen-bond acceptors (Lipinski definition) is 3. The van der Waals surface area contributed by atoms with Crippen molar-refractivity contribution in [2.75, 3.05) is 26.2 Å². The van der Waals surface area contributed by atoms with E-state index >= 15 is 0 Å². The maximum Gasteiger partial charge on any atom is 0.253 e. The molecule has 0 radical (unpaired) electrons. The molecule has 3 atom stereocenters. The lowest BCUT2D eigenvalue weighted by Gasteiger charge is -2.42. The van der Waals surface area contributed by atoms with E-state index in [1.165, 1.54) is 0 Å². The van der Waals surface area contributed by atoms with Gasteiger partial charge in [-0.25, -0.2) is 0 Å². The molecule has 0 saturated carbocycles. The van der Waals surface area contributed by atoms with Crippen LogP contribution in [-0.2, 0) is 4.79 Å². The van der Waals surface area contributed by atoms with Gasteiger partial charge in [0.25, 0.3) is 5.91 Å². The molecular weight excluding hydrogens is 338 g/mol. The lowest BCUT2D eigenvalue weighted by molar-refractivity contribution is -0.140. The molecule has 2 aliphatic rings. The Balaban J connectivity index is 1.67. The summed E-state index contributed by atoms with van der Waals surface area (Å²) in [5, 5.41) is 4.02. The maximum absolute atomic E-state index is 13.0. The molecule has 2 fully saturated rings. The summed E-state index contributed by atoms with van der Waals surface area (Å²) in [4.78, 5) is 29.5. The molecule has 0 spiro atoms. The summed E-state index contributed by atoms with van der Waals surface area (Å²) in [5.74, 6) is 0.0723. The normalized spacial score (nSPS) is 27.2. The smallest absolute Gasteiger partial charge is 0.253 e. The summed E-state index contributed by atoms with van der Waals surface area (Å²) in [6.07, 6.45) is 1.72. The van der Waals surface area contributed by atoms with Crippen molar-refractivity contribution in [2.24, 2.45) is 5.92 Å². The molecule has 2 saturated heterocycles. The standard InChI is InChI=1S/C19H26ClN3O2/c1-13-14(2)23(11-9-21-13)19(25)16-4-3-10-22(12-16)18(24)15-5-7-17(20)8-6-15/h5-8,13-14,16,21H,3-4,9-12H2,1-2H3. The van der Waals surface area contributed by atoms with Gasteiger partial charge >= 0.3 is 0 Å². The molecule has 1 N–H and O–H groups in total. The molecule has 6 heteroatoms. The van der Waals surface area contributed by atoms with Crippen LogP contribution >= 0.6 is 11.6 Å². The fourth-order valence-corrected chi connectivity index (χ4v) is 3.87. The number of hydrogen-bond donors (Lipinski definition) is 1. The van der Waals surface area contributed by atoms with Crippen LogP contribution in [-0.4, -0.2) is 59.9 Å². The SMILES string of the molecule is CC1NCCN(C(=O)C2CCCN(C(=O)c3ccc(Cl)cc3)C2)C1C. The molecule has 3 unspecified atom stereocenters. The molecule has 2 heterocycles. The zero-order chi connectivity index (χ0) is 18.0. The fourth-order valence-electron chi connectivity index (χ4n) is 3.74. The zero-order valence-electron chi connectivity index (χ0n) is 14.9. The number of piperazine rings is 1. The Labute approximate surface area is 154 Å². The predicted molar refractivity (Wildman–Crippen MR) is 98.7 cm³/mol. The highest BCUT2D eigenvalue weighted by atomic mass is 35.5. The van der Waals surface area contributed by atoms with E-state index < -0.39 is 0 Å². The van der Waals surface area contributed by atoms with Gasteiger partial charge in [-0.3, -0.25) is 9.59 Å². The molecule has 5 nitrogen and oxygen atoms in total. The molecule has 25 heavy (non-hydrogen) atoms. The first-order chi connectivity index (χ1) is 12.0. The Kier molecular flexibility index (Phi) is 5.64. The quantitative estimate of drug-likeness (QED) is 0.877. The van der Waals surface area contributed by atoms with E-state index in [1.807, 2.05) is 9.80 Å². The highest BCUT2D eigenvalue weighted by molar-refractivity contribution is 6.30. The van der Waals surface area contributed by atoms with Crippen molar-refractivity contribution in [2.45, 2.75) is 38.8 Å². The van der Waals surface area contributed by atoms with E-state index in [9.17, 15) is 9.59 Å². The van der Waals surface area contributed by atoms with Crippen molar-refractivity contribution in [1.82, 2.24) is 15.1 Å². The largest absolute Gasteiger partial charge is 0.338 e. The van der Waals surface area contributed by atoms with Crippen molar-refractivity contribution in [3.05, 3.63) is 34.9 Å². The van der Waals surface area contributed by atoms with Crippen LogP contribution in [0.15, 0.2) is 24.3 Å². The molecule has 1 aromatic carbocycles. The lowest BCUT2D eigenvalue weighted by Crippen LogP contribution is -2.59. The molecule has 3 rings (SSSR count). The lowest BCUT2D eigenvalue weighted by atomic mass is 9.94.